The lowest BCUT2D eigenvalue weighted by Gasteiger charge is -2.08. The molecular formula is C15H14ClFN2O3. The Morgan fingerprint density at radius 2 is 2.09 bits per heavy atom. The van der Waals surface area contributed by atoms with Crippen molar-refractivity contribution < 1.29 is 18.7 Å². The summed E-state index contributed by atoms with van der Waals surface area (Å²) in [7, 11) is 0. The number of ether oxygens (including phenoxy) is 2. The average Bonchev–Trinajstić information content (AvgIpc) is 2.48. The van der Waals surface area contributed by atoms with Gasteiger partial charge in [-0.3, -0.25) is 0 Å². The highest BCUT2D eigenvalue weighted by atomic mass is 35.5. The van der Waals surface area contributed by atoms with Gasteiger partial charge in [-0.15, -0.1) is 0 Å². The molecular weight excluding hydrogens is 311 g/mol. The van der Waals surface area contributed by atoms with Gasteiger partial charge in [-0.1, -0.05) is 11.6 Å². The van der Waals surface area contributed by atoms with Crippen molar-refractivity contribution in [3.8, 4) is 17.3 Å². The Morgan fingerprint density at radius 1 is 1.32 bits per heavy atom. The summed E-state index contributed by atoms with van der Waals surface area (Å²) in [4.78, 5) is 19.7. The molecule has 0 atom stereocenters. The molecule has 1 aromatic carbocycles. The highest BCUT2D eigenvalue weighted by Crippen LogP contribution is 2.23. The summed E-state index contributed by atoms with van der Waals surface area (Å²) < 4.78 is 23.6. The van der Waals surface area contributed by atoms with Gasteiger partial charge in [0.05, 0.1) is 11.6 Å². The molecule has 2 rings (SSSR count). The summed E-state index contributed by atoms with van der Waals surface area (Å²) in [6.45, 7) is 3.48. The summed E-state index contributed by atoms with van der Waals surface area (Å²) in [5, 5.41) is 0.0233. The number of nitrogens with zero attached hydrogens (tertiary/aromatic N) is 2. The van der Waals surface area contributed by atoms with E-state index in [1.807, 2.05) is 0 Å². The Labute approximate surface area is 132 Å². The van der Waals surface area contributed by atoms with Gasteiger partial charge < -0.3 is 9.47 Å². The van der Waals surface area contributed by atoms with Crippen LogP contribution in [0, 0.1) is 12.7 Å². The van der Waals surface area contributed by atoms with Crippen LogP contribution in [0.15, 0.2) is 24.3 Å². The molecule has 116 valence electrons. The van der Waals surface area contributed by atoms with Gasteiger partial charge in [0.15, 0.2) is 12.4 Å². The summed E-state index contributed by atoms with van der Waals surface area (Å²) in [5.41, 5.74) is 1.09. The fraction of sp³-hybridized carbons (Fsp3) is 0.267. The molecule has 22 heavy (non-hydrogen) atoms. The Morgan fingerprint density at radius 3 is 2.77 bits per heavy atom. The minimum Gasteiger partial charge on any atom is -0.466 e. The SMILES string of the molecule is CCOC(=O)COc1cc(C)nc(-c2ccc(Cl)c(F)c2)n1. The molecule has 0 unspecified atom stereocenters. The zero-order valence-corrected chi connectivity index (χ0v) is 12.9. The molecule has 0 aliphatic heterocycles. The Kier molecular flexibility index (Phi) is 5.27. The van der Waals surface area contributed by atoms with Crippen LogP contribution in [-0.2, 0) is 9.53 Å². The fourth-order valence-electron chi connectivity index (χ4n) is 1.71. The highest BCUT2D eigenvalue weighted by molar-refractivity contribution is 6.30. The van der Waals surface area contributed by atoms with Crippen LogP contribution in [-0.4, -0.2) is 29.2 Å². The van der Waals surface area contributed by atoms with Crippen LogP contribution in [0.2, 0.25) is 5.02 Å². The third-order valence-electron chi connectivity index (χ3n) is 2.65. The fourth-order valence-corrected chi connectivity index (χ4v) is 1.83. The maximum absolute atomic E-state index is 13.5. The Bertz CT molecular complexity index is 694. The van der Waals surface area contributed by atoms with Crippen LogP contribution in [0.25, 0.3) is 11.4 Å². The van der Waals surface area contributed by atoms with E-state index >= 15 is 0 Å². The van der Waals surface area contributed by atoms with Crippen LogP contribution >= 0.6 is 11.6 Å². The number of carbonyl (C=O) groups is 1. The van der Waals surface area contributed by atoms with E-state index in [9.17, 15) is 9.18 Å². The number of hydrogen-bond donors (Lipinski definition) is 0. The van der Waals surface area contributed by atoms with Gasteiger partial charge >= 0.3 is 5.97 Å². The first kappa shape index (κ1) is 16.2. The molecule has 0 bridgehead atoms. The molecule has 0 saturated heterocycles. The molecule has 0 saturated carbocycles. The summed E-state index contributed by atoms with van der Waals surface area (Å²) >= 11 is 5.65. The second-order valence-electron chi connectivity index (χ2n) is 4.39. The van der Waals surface area contributed by atoms with E-state index in [0.717, 1.165) is 0 Å². The van der Waals surface area contributed by atoms with Crippen LogP contribution in [0.3, 0.4) is 0 Å². The molecule has 2 aromatic rings. The topological polar surface area (TPSA) is 61.3 Å². The van der Waals surface area contributed by atoms with Crippen molar-refractivity contribution in [1.29, 1.82) is 0 Å². The van der Waals surface area contributed by atoms with Crippen molar-refractivity contribution in [2.24, 2.45) is 0 Å². The molecule has 1 heterocycles. The summed E-state index contributed by atoms with van der Waals surface area (Å²) in [5.74, 6) is -0.545. The lowest BCUT2D eigenvalue weighted by Crippen LogP contribution is -2.15. The second-order valence-corrected chi connectivity index (χ2v) is 4.80. The normalized spacial score (nSPS) is 10.4. The van der Waals surface area contributed by atoms with Gasteiger partial charge in [0.2, 0.25) is 5.88 Å². The molecule has 0 radical (unpaired) electrons. The Hall–Kier alpha value is -2.21. The van der Waals surface area contributed by atoms with Gasteiger partial charge in [-0.05, 0) is 32.0 Å². The summed E-state index contributed by atoms with van der Waals surface area (Å²) in [6.07, 6.45) is 0. The first-order valence-electron chi connectivity index (χ1n) is 6.59. The minimum atomic E-state index is -0.557. The van der Waals surface area contributed by atoms with Crippen molar-refractivity contribution in [3.63, 3.8) is 0 Å². The number of aromatic nitrogens is 2. The smallest absolute Gasteiger partial charge is 0.344 e. The summed E-state index contributed by atoms with van der Waals surface area (Å²) in [6, 6.07) is 5.85. The van der Waals surface area contributed by atoms with Crippen molar-refractivity contribution >= 4 is 17.6 Å². The molecule has 5 nitrogen and oxygen atoms in total. The number of carbonyl (C=O) groups excluding carboxylic acids is 1. The van der Waals surface area contributed by atoms with Crippen molar-refractivity contribution in [2.75, 3.05) is 13.2 Å². The molecule has 0 spiro atoms. The maximum atomic E-state index is 13.5. The molecule has 0 fully saturated rings. The number of halogens is 2. The monoisotopic (exact) mass is 324 g/mol. The van der Waals surface area contributed by atoms with Crippen LogP contribution in [0.1, 0.15) is 12.6 Å². The van der Waals surface area contributed by atoms with E-state index in [0.29, 0.717) is 11.3 Å². The highest BCUT2D eigenvalue weighted by Gasteiger charge is 2.10. The first-order chi connectivity index (χ1) is 10.5. The van der Waals surface area contributed by atoms with Crippen LogP contribution in [0.4, 0.5) is 4.39 Å². The quantitative estimate of drug-likeness (QED) is 0.790. The molecule has 0 amide bonds. The number of esters is 1. The predicted octanol–water partition coefficient (Wildman–Crippen LogP) is 3.19. The van der Waals surface area contributed by atoms with Gasteiger partial charge in [0.25, 0.3) is 0 Å². The van der Waals surface area contributed by atoms with Gasteiger partial charge in [-0.2, -0.15) is 4.98 Å². The molecule has 0 N–H and O–H groups in total. The van der Waals surface area contributed by atoms with Crippen molar-refractivity contribution in [2.45, 2.75) is 13.8 Å². The molecule has 0 aliphatic carbocycles. The average molecular weight is 325 g/mol. The molecule has 7 heteroatoms. The maximum Gasteiger partial charge on any atom is 0.344 e. The zero-order valence-electron chi connectivity index (χ0n) is 12.1. The van der Waals surface area contributed by atoms with Crippen molar-refractivity contribution in [3.05, 3.63) is 40.8 Å². The van der Waals surface area contributed by atoms with Crippen LogP contribution in [0.5, 0.6) is 5.88 Å². The van der Waals surface area contributed by atoms with E-state index in [1.54, 1.807) is 26.0 Å². The third-order valence-corrected chi connectivity index (χ3v) is 2.96. The second kappa shape index (κ2) is 7.17. The van der Waals surface area contributed by atoms with Gasteiger partial charge in [0, 0.05) is 17.3 Å². The minimum absolute atomic E-state index is 0.0233. The Balaban J connectivity index is 2.22. The van der Waals surface area contributed by atoms with Crippen molar-refractivity contribution in [1.82, 2.24) is 9.97 Å². The standard InChI is InChI=1S/C15H14ClFN2O3/c1-3-21-14(20)8-22-13-6-9(2)18-15(19-13)10-4-5-11(16)12(17)7-10/h4-7H,3,8H2,1-2H3. The van der Waals surface area contributed by atoms with E-state index in [1.165, 1.54) is 12.1 Å². The first-order valence-corrected chi connectivity index (χ1v) is 6.97. The number of hydrogen-bond acceptors (Lipinski definition) is 5. The van der Waals surface area contributed by atoms with Gasteiger partial charge in [0.1, 0.15) is 5.82 Å². The number of benzene rings is 1. The van der Waals surface area contributed by atoms with E-state index in [4.69, 9.17) is 21.1 Å². The lowest BCUT2D eigenvalue weighted by molar-refractivity contribution is -0.145. The molecule has 1 aromatic heterocycles. The number of aryl methyl sites for hydroxylation is 1. The number of rotatable bonds is 5. The largest absolute Gasteiger partial charge is 0.466 e. The van der Waals surface area contributed by atoms with Gasteiger partial charge in [-0.25, -0.2) is 14.2 Å². The predicted molar refractivity (Wildman–Crippen MR) is 79.3 cm³/mol. The third kappa shape index (κ3) is 4.14. The van der Waals surface area contributed by atoms with E-state index in [-0.39, 0.29) is 29.9 Å². The molecule has 0 aliphatic rings. The van der Waals surface area contributed by atoms with E-state index < -0.39 is 11.8 Å². The van der Waals surface area contributed by atoms with E-state index in [2.05, 4.69) is 9.97 Å². The van der Waals surface area contributed by atoms with Crippen LogP contribution < -0.4 is 4.74 Å². The zero-order chi connectivity index (χ0) is 16.1. The lowest BCUT2D eigenvalue weighted by atomic mass is 10.2.